The second-order valence-corrected chi connectivity index (χ2v) is 3.23. The number of rotatable bonds is 2. The summed E-state index contributed by atoms with van der Waals surface area (Å²) in [6.07, 6.45) is 9.72. The van der Waals surface area contributed by atoms with Crippen molar-refractivity contribution in [2.45, 2.75) is 40.2 Å². The van der Waals surface area contributed by atoms with E-state index in [-0.39, 0.29) is 11.9 Å². The van der Waals surface area contributed by atoms with Crippen molar-refractivity contribution in [3.8, 4) is 0 Å². The molecular formula is C13H20O2. The monoisotopic (exact) mass is 208 g/mol. The van der Waals surface area contributed by atoms with Gasteiger partial charge < -0.3 is 4.74 Å². The molecule has 1 atom stereocenters. The van der Waals surface area contributed by atoms with Crippen molar-refractivity contribution >= 4 is 5.78 Å². The van der Waals surface area contributed by atoms with Gasteiger partial charge in [-0.25, -0.2) is 0 Å². The molecule has 0 amide bonds. The Hall–Kier alpha value is -1.31. The highest BCUT2D eigenvalue weighted by Crippen LogP contribution is 2.13. The van der Waals surface area contributed by atoms with Gasteiger partial charge in [0.15, 0.2) is 11.9 Å². The van der Waals surface area contributed by atoms with Gasteiger partial charge in [-0.1, -0.05) is 18.2 Å². The van der Waals surface area contributed by atoms with Gasteiger partial charge in [0, 0.05) is 6.42 Å². The number of hydrogen-bond acceptors (Lipinski definition) is 2. The Morgan fingerprint density at radius 2 is 1.93 bits per heavy atom. The van der Waals surface area contributed by atoms with E-state index < -0.39 is 0 Å². The number of allylic oxidation sites excluding steroid dienone is 3. The lowest BCUT2D eigenvalue weighted by Gasteiger charge is -2.07. The first-order chi connectivity index (χ1) is 7.17. The molecule has 2 heteroatoms. The van der Waals surface area contributed by atoms with Crippen molar-refractivity contribution in [2.75, 3.05) is 0 Å². The third kappa shape index (κ3) is 5.21. The van der Waals surface area contributed by atoms with E-state index in [9.17, 15) is 4.79 Å². The van der Waals surface area contributed by atoms with Crippen LogP contribution in [0.25, 0.3) is 0 Å². The molecule has 0 saturated carbocycles. The quantitative estimate of drug-likeness (QED) is 0.513. The van der Waals surface area contributed by atoms with Crippen LogP contribution in [0.5, 0.6) is 0 Å². The molecule has 1 rings (SSSR count). The normalized spacial score (nSPS) is 19.7. The van der Waals surface area contributed by atoms with E-state index in [0.717, 1.165) is 5.57 Å². The van der Waals surface area contributed by atoms with Crippen LogP contribution in [0.15, 0.2) is 36.1 Å². The van der Waals surface area contributed by atoms with Crippen LogP contribution in [0.4, 0.5) is 0 Å². The Bertz CT molecular complexity index is 260. The van der Waals surface area contributed by atoms with E-state index in [0.29, 0.717) is 6.42 Å². The van der Waals surface area contributed by atoms with E-state index in [4.69, 9.17) is 4.74 Å². The van der Waals surface area contributed by atoms with E-state index in [2.05, 4.69) is 0 Å². The van der Waals surface area contributed by atoms with Crippen molar-refractivity contribution < 1.29 is 9.53 Å². The fourth-order valence-electron chi connectivity index (χ4n) is 0.950. The fourth-order valence-corrected chi connectivity index (χ4v) is 0.950. The van der Waals surface area contributed by atoms with Gasteiger partial charge in [0.1, 0.15) is 0 Å². The summed E-state index contributed by atoms with van der Waals surface area (Å²) < 4.78 is 5.07. The Morgan fingerprint density at radius 3 is 2.27 bits per heavy atom. The second kappa shape index (κ2) is 8.04. The molecule has 0 fully saturated rings. The molecular weight excluding hydrogens is 188 g/mol. The van der Waals surface area contributed by atoms with Gasteiger partial charge in [-0.3, -0.25) is 4.79 Å². The third-order valence-electron chi connectivity index (χ3n) is 2.14. The summed E-state index contributed by atoms with van der Waals surface area (Å²) in [6.45, 7) is 7.67. The first-order valence-corrected chi connectivity index (χ1v) is 5.22. The van der Waals surface area contributed by atoms with Crippen LogP contribution >= 0.6 is 0 Å². The van der Waals surface area contributed by atoms with Crippen molar-refractivity contribution in [2.24, 2.45) is 0 Å². The van der Waals surface area contributed by atoms with Crippen molar-refractivity contribution in [1.29, 1.82) is 0 Å². The smallest absolute Gasteiger partial charge is 0.198 e. The van der Waals surface area contributed by atoms with Gasteiger partial charge in [-0.05, 0) is 39.3 Å². The summed E-state index contributed by atoms with van der Waals surface area (Å²) in [5.41, 5.74) is 0.777. The molecule has 0 aromatic heterocycles. The molecule has 0 N–H and O–H groups in total. The Labute approximate surface area is 92.3 Å². The zero-order chi connectivity index (χ0) is 11.7. The molecule has 0 bridgehead atoms. The molecule has 84 valence electrons. The minimum Gasteiger partial charge on any atom is -0.490 e. The highest BCUT2D eigenvalue weighted by atomic mass is 16.5. The minimum atomic E-state index is -0.258. The lowest BCUT2D eigenvalue weighted by molar-refractivity contribution is -0.122. The van der Waals surface area contributed by atoms with Crippen LogP contribution in [-0.2, 0) is 9.53 Å². The molecule has 2 nitrogen and oxygen atoms in total. The first-order valence-electron chi connectivity index (χ1n) is 5.22. The van der Waals surface area contributed by atoms with Gasteiger partial charge in [0.2, 0.25) is 0 Å². The van der Waals surface area contributed by atoms with Gasteiger partial charge in [0.25, 0.3) is 0 Å². The Kier molecular flexibility index (Phi) is 7.33. The number of Topliss-reactive ketones (excluding diaryl/α,β-unsaturated/α-hetero) is 1. The number of ketones is 1. The maximum absolute atomic E-state index is 11.3. The maximum Gasteiger partial charge on any atom is 0.198 e. The number of hydrogen-bond donors (Lipinski definition) is 0. The summed E-state index contributed by atoms with van der Waals surface area (Å²) in [5, 5.41) is 0. The molecule has 0 saturated heterocycles. The predicted octanol–water partition coefficient (Wildman–Crippen LogP) is 3.41. The SMILES string of the molecule is CC=C(C)C(=O)C1CC=CO1.CC=CC. The van der Waals surface area contributed by atoms with E-state index in [1.807, 2.05) is 52.0 Å². The van der Waals surface area contributed by atoms with Crippen molar-refractivity contribution in [3.05, 3.63) is 36.1 Å². The molecule has 0 aromatic carbocycles. The highest BCUT2D eigenvalue weighted by molar-refractivity contribution is 5.98. The largest absolute Gasteiger partial charge is 0.490 e. The lowest BCUT2D eigenvalue weighted by Crippen LogP contribution is -2.19. The Balaban J connectivity index is 0.000000423. The van der Waals surface area contributed by atoms with Crippen LogP contribution in [0.1, 0.15) is 34.1 Å². The average Bonchev–Trinajstić information content (AvgIpc) is 2.80. The molecule has 1 heterocycles. The van der Waals surface area contributed by atoms with Crippen LogP contribution in [0.2, 0.25) is 0 Å². The molecule has 0 radical (unpaired) electrons. The lowest BCUT2D eigenvalue weighted by atomic mass is 10.1. The second-order valence-electron chi connectivity index (χ2n) is 3.23. The van der Waals surface area contributed by atoms with Gasteiger partial charge >= 0.3 is 0 Å². The zero-order valence-corrected chi connectivity index (χ0v) is 9.99. The van der Waals surface area contributed by atoms with E-state index in [1.165, 1.54) is 0 Å². The Morgan fingerprint density at radius 1 is 1.33 bits per heavy atom. The topological polar surface area (TPSA) is 26.3 Å². The predicted molar refractivity (Wildman–Crippen MR) is 63.6 cm³/mol. The average molecular weight is 208 g/mol. The summed E-state index contributed by atoms with van der Waals surface area (Å²) in [6, 6.07) is 0. The van der Waals surface area contributed by atoms with E-state index >= 15 is 0 Å². The van der Waals surface area contributed by atoms with Crippen LogP contribution in [0, 0.1) is 0 Å². The van der Waals surface area contributed by atoms with Crippen molar-refractivity contribution in [1.82, 2.24) is 0 Å². The standard InChI is InChI=1S/C9H12O2.C4H8/c1-3-7(2)9(10)8-5-4-6-11-8;1-3-4-2/h3-4,6,8H,5H2,1-2H3;3-4H,1-2H3. The minimum absolute atomic E-state index is 0.0949. The first kappa shape index (κ1) is 13.7. The molecule has 1 unspecified atom stereocenters. The molecule has 0 aromatic rings. The van der Waals surface area contributed by atoms with E-state index in [1.54, 1.807) is 6.26 Å². The summed E-state index contributed by atoms with van der Waals surface area (Å²) in [4.78, 5) is 11.3. The molecule has 0 aliphatic carbocycles. The maximum atomic E-state index is 11.3. The number of ether oxygens (including phenoxy) is 1. The molecule has 0 spiro atoms. The van der Waals surface area contributed by atoms with Crippen molar-refractivity contribution in [3.63, 3.8) is 0 Å². The zero-order valence-electron chi connectivity index (χ0n) is 9.99. The fraction of sp³-hybridized carbons (Fsp3) is 0.462. The molecule has 15 heavy (non-hydrogen) atoms. The number of carbonyl (C=O) groups is 1. The highest BCUT2D eigenvalue weighted by Gasteiger charge is 2.21. The molecule has 1 aliphatic rings. The summed E-state index contributed by atoms with van der Waals surface area (Å²) in [7, 11) is 0. The van der Waals surface area contributed by atoms with Gasteiger partial charge in [-0.15, -0.1) is 0 Å². The third-order valence-corrected chi connectivity index (χ3v) is 2.14. The summed E-state index contributed by atoms with van der Waals surface area (Å²) in [5.74, 6) is 0.0949. The van der Waals surface area contributed by atoms with Gasteiger partial charge in [-0.2, -0.15) is 0 Å². The van der Waals surface area contributed by atoms with Crippen LogP contribution < -0.4 is 0 Å². The summed E-state index contributed by atoms with van der Waals surface area (Å²) >= 11 is 0. The van der Waals surface area contributed by atoms with Crippen LogP contribution in [0.3, 0.4) is 0 Å². The molecule has 1 aliphatic heterocycles. The number of carbonyl (C=O) groups excluding carboxylic acids is 1. The van der Waals surface area contributed by atoms with Gasteiger partial charge in [0.05, 0.1) is 6.26 Å². The van der Waals surface area contributed by atoms with Crippen LogP contribution in [-0.4, -0.2) is 11.9 Å².